The van der Waals surface area contributed by atoms with Crippen LogP contribution in [0.2, 0.25) is 0 Å². The van der Waals surface area contributed by atoms with E-state index in [-0.39, 0.29) is 12.0 Å². The summed E-state index contributed by atoms with van der Waals surface area (Å²) in [6.45, 7) is 3.90. The second kappa shape index (κ2) is 6.74. The van der Waals surface area contributed by atoms with E-state index < -0.39 is 0 Å². The summed E-state index contributed by atoms with van der Waals surface area (Å²) < 4.78 is 10.7. The summed E-state index contributed by atoms with van der Waals surface area (Å²) >= 11 is 0. The van der Waals surface area contributed by atoms with E-state index >= 15 is 0 Å². The molecule has 2 aromatic rings. The molecule has 0 spiro atoms. The van der Waals surface area contributed by atoms with Crippen molar-refractivity contribution in [2.75, 3.05) is 12.4 Å². The number of carbonyl (C=O) groups is 1. The topological polar surface area (TPSA) is 60.5 Å². The number of nitrogens with one attached hydrogen (secondary N) is 1. The largest absolute Gasteiger partial charge is 0.493 e. The lowest BCUT2D eigenvalue weighted by atomic mass is 10.2. The molecule has 21 heavy (non-hydrogen) atoms. The zero-order chi connectivity index (χ0) is 15.2. The number of rotatable bonds is 5. The first-order valence-corrected chi connectivity index (χ1v) is 6.67. The van der Waals surface area contributed by atoms with E-state index in [4.69, 9.17) is 9.47 Å². The average molecular weight is 286 g/mol. The van der Waals surface area contributed by atoms with Gasteiger partial charge in [-0.3, -0.25) is 4.79 Å². The SMILES string of the molecule is COc1cccnc1NC(=O)c1ccc(OC(C)C)cc1. The normalized spacial score (nSPS) is 10.3. The van der Waals surface area contributed by atoms with Gasteiger partial charge in [-0.1, -0.05) is 0 Å². The molecule has 0 fully saturated rings. The number of nitrogens with zero attached hydrogens (tertiary/aromatic N) is 1. The van der Waals surface area contributed by atoms with Gasteiger partial charge in [0.25, 0.3) is 5.91 Å². The molecule has 0 aliphatic carbocycles. The van der Waals surface area contributed by atoms with Crippen LogP contribution in [-0.4, -0.2) is 24.1 Å². The monoisotopic (exact) mass is 286 g/mol. The summed E-state index contributed by atoms with van der Waals surface area (Å²) in [5.74, 6) is 1.40. The summed E-state index contributed by atoms with van der Waals surface area (Å²) in [4.78, 5) is 16.3. The lowest BCUT2D eigenvalue weighted by Gasteiger charge is -2.11. The first kappa shape index (κ1) is 14.8. The number of ether oxygens (including phenoxy) is 2. The van der Waals surface area contributed by atoms with Crippen molar-refractivity contribution in [3.8, 4) is 11.5 Å². The Labute approximate surface area is 123 Å². The van der Waals surface area contributed by atoms with Gasteiger partial charge in [-0.15, -0.1) is 0 Å². The minimum atomic E-state index is -0.247. The molecule has 1 N–H and O–H groups in total. The van der Waals surface area contributed by atoms with Gasteiger partial charge in [-0.25, -0.2) is 4.98 Å². The Morgan fingerprint density at radius 3 is 2.52 bits per heavy atom. The third-order valence-corrected chi connectivity index (χ3v) is 2.71. The van der Waals surface area contributed by atoms with E-state index in [1.807, 2.05) is 13.8 Å². The second-order valence-corrected chi connectivity index (χ2v) is 4.70. The van der Waals surface area contributed by atoms with Crippen LogP contribution in [-0.2, 0) is 0 Å². The molecule has 0 aliphatic rings. The molecule has 0 aliphatic heterocycles. The van der Waals surface area contributed by atoms with Gasteiger partial charge in [0.15, 0.2) is 11.6 Å². The van der Waals surface area contributed by atoms with Gasteiger partial charge in [0.2, 0.25) is 0 Å². The van der Waals surface area contributed by atoms with Crippen molar-refractivity contribution in [2.24, 2.45) is 0 Å². The average Bonchev–Trinajstić information content (AvgIpc) is 2.48. The summed E-state index contributed by atoms with van der Waals surface area (Å²) in [6, 6.07) is 10.4. The van der Waals surface area contributed by atoms with E-state index in [2.05, 4.69) is 10.3 Å². The molecule has 0 radical (unpaired) electrons. The molecule has 2 rings (SSSR count). The number of carbonyl (C=O) groups excluding carboxylic acids is 1. The number of methoxy groups -OCH3 is 1. The first-order chi connectivity index (χ1) is 10.1. The molecule has 0 saturated heterocycles. The molecule has 110 valence electrons. The van der Waals surface area contributed by atoms with Crippen molar-refractivity contribution in [3.05, 3.63) is 48.2 Å². The fourth-order valence-electron chi connectivity index (χ4n) is 1.79. The minimum absolute atomic E-state index is 0.0995. The number of benzene rings is 1. The van der Waals surface area contributed by atoms with Gasteiger partial charge in [-0.2, -0.15) is 0 Å². The predicted molar refractivity (Wildman–Crippen MR) is 80.9 cm³/mol. The Kier molecular flexibility index (Phi) is 4.77. The minimum Gasteiger partial charge on any atom is -0.493 e. The number of pyridine rings is 1. The third kappa shape index (κ3) is 3.95. The van der Waals surface area contributed by atoms with Crippen LogP contribution < -0.4 is 14.8 Å². The number of amides is 1. The molecule has 5 nitrogen and oxygen atoms in total. The Balaban J connectivity index is 2.09. The lowest BCUT2D eigenvalue weighted by Crippen LogP contribution is -2.13. The van der Waals surface area contributed by atoms with Crippen LogP contribution in [0.1, 0.15) is 24.2 Å². The maximum Gasteiger partial charge on any atom is 0.256 e. The molecule has 0 atom stereocenters. The Bertz CT molecular complexity index is 609. The van der Waals surface area contributed by atoms with Gasteiger partial charge >= 0.3 is 0 Å². The zero-order valence-corrected chi connectivity index (χ0v) is 12.3. The molecular weight excluding hydrogens is 268 g/mol. The van der Waals surface area contributed by atoms with Gasteiger partial charge in [0, 0.05) is 11.8 Å². The van der Waals surface area contributed by atoms with Crippen LogP contribution in [0.3, 0.4) is 0 Å². The highest BCUT2D eigenvalue weighted by Crippen LogP contribution is 2.21. The summed E-state index contributed by atoms with van der Waals surface area (Å²) in [7, 11) is 1.53. The van der Waals surface area contributed by atoms with E-state index in [0.717, 1.165) is 5.75 Å². The predicted octanol–water partition coefficient (Wildman–Crippen LogP) is 3.13. The van der Waals surface area contributed by atoms with Crippen LogP contribution in [0.25, 0.3) is 0 Å². The van der Waals surface area contributed by atoms with Crippen molar-refractivity contribution < 1.29 is 14.3 Å². The number of aromatic nitrogens is 1. The maximum absolute atomic E-state index is 12.2. The van der Waals surface area contributed by atoms with Gasteiger partial charge in [0.1, 0.15) is 5.75 Å². The molecule has 1 amide bonds. The van der Waals surface area contributed by atoms with Gasteiger partial charge in [-0.05, 0) is 50.2 Å². The molecule has 1 heterocycles. The standard InChI is InChI=1S/C16H18N2O3/c1-11(2)21-13-8-6-12(7-9-13)16(19)18-15-14(20-3)5-4-10-17-15/h4-11H,1-3H3,(H,17,18,19). The molecule has 0 saturated carbocycles. The Morgan fingerprint density at radius 1 is 1.19 bits per heavy atom. The van der Waals surface area contributed by atoms with Gasteiger partial charge < -0.3 is 14.8 Å². The quantitative estimate of drug-likeness (QED) is 0.917. The first-order valence-electron chi connectivity index (χ1n) is 6.67. The highest BCUT2D eigenvalue weighted by Gasteiger charge is 2.10. The lowest BCUT2D eigenvalue weighted by molar-refractivity contribution is 0.102. The Hall–Kier alpha value is -2.56. The van der Waals surface area contributed by atoms with Crippen molar-refractivity contribution in [1.29, 1.82) is 0 Å². The van der Waals surface area contributed by atoms with E-state index in [1.165, 1.54) is 7.11 Å². The zero-order valence-electron chi connectivity index (χ0n) is 12.3. The van der Waals surface area contributed by atoms with Crippen LogP contribution in [0.15, 0.2) is 42.6 Å². The molecular formula is C16H18N2O3. The third-order valence-electron chi connectivity index (χ3n) is 2.71. The summed E-state index contributed by atoms with van der Waals surface area (Å²) in [6.07, 6.45) is 1.69. The van der Waals surface area contributed by atoms with Crippen molar-refractivity contribution in [2.45, 2.75) is 20.0 Å². The summed E-state index contributed by atoms with van der Waals surface area (Å²) in [5, 5.41) is 2.72. The number of hydrogen-bond donors (Lipinski definition) is 1. The van der Waals surface area contributed by atoms with Crippen LogP contribution in [0, 0.1) is 0 Å². The van der Waals surface area contributed by atoms with Gasteiger partial charge in [0.05, 0.1) is 13.2 Å². The highest BCUT2D eigenvalue weighted by molar-refractivity contribution is 6.04. The van der Waals surface area contributed by atoms with E-state index in [0.29, 0.717) is 17.1 Å². The molecule has 1 aromatic carbocycles. The van der Waals surface area contributed by atoms with E-state index in [1.54, 1.807) is 42.6 Å². The smallest absolute Gasteiger partial charge is 0.256 e. The van der Waals surface area contributed by atoms with Crippen LogP contribution >= 0.6 is 0 Å². The highest BCUT2D eigenvalue weighted by atomic mass is 16.5. The van der Waals surface area contributed by atoms with E-state index in [9.17, 15) is 4.79 Å². The second-order valence-electron chi connectivity index (χ2n) is 4.70. The molecule has 1 aromatic heterocycles. The van der Waals surface area contributed by atoms with Crippen molar-refractivity contribution >= 4 is 11.7 Å². The number of hydrogen-bond acceptors (Lipinski definition) is 4. The van der Waals surface area contributed by atoms with Crippen LogP contribution in [0.5, 0.6) is 11.5 Å². The van der Waals surface area contributed by atoms with Crippen LogP contribution in [0.4, 0.5) is 5.82 Å². The Morgan fingerprint density at radius 2 is 1.90 bits per heavy atom. The fraction of sp³-hybridized carbons (Fsp3) is 0.250. The van der Waals surface area contributed by atoms with Crippen molar-refractivity contribution in [1.82, 2.24) is 4.98 Å². The maximum atomic E-state index is 12.2. The molecule has 5 heteroatoms. The fourth-order valence-corrected chi connectivity index (χ4v) is 1.79. The molecule has 0 bridgehead atoms. The molecule has 0 unspecified atom stereocenters. The van der Waals surface area contributed by atoms with Crippen molar-refractivity contribution in [3.63, 3.8) is 0 Å². The summed E-state index contributed by atoms with van der Waals surface area (Å²) in [5.41, 5.74) is 0.527. The number of anilines is 1.